The topological polar surface area (TPSA) is 98.7 Å². The lowest BCUT2D eigenvalue weighted by Gasteiger charge is -2.32. The van der Waals surface area contributed by atoms with E-state index in [4.69, 9.17) is 0 Å². The monoisotopic (exact) mass is 565 g/mol. The number of carbonyl (C=O) groups excluding carboxylic acids is 1. The summed E-state index contributed by atoms with van der Waals surface area (Å²) in [5.41, 5.74) is 3.76. The molecular weight excluding hydrogens is 524 g/mol. The maximum Gasteiger partial charge on any atom is 0.216 e. The summed E-state index contributed by atoms with van der Waals surface area (Å²) >= 11 is 0. The average molecular weight is 566 g/mol. The third-order valence-corrected chi connectivity index (χ3v) is 8.47. The van der Waals surface area contributed by atoms with Crippen LogP contribution in [-0.4, -0.2) is 61.8 Å². The molecule has 2 unspecified atom stereocenters. The number of aliphatic hydroxyl groups is 1. The van der Waals surface area contributed by atoms with Crippen molar-refractivity contribution >= 4 is 15.9 Å². The summed E-state index contributed by atoms with van der Waals surface area (Å²) in [6.45, 7) is 6.99. The predicted molar refractivity (Wildman–Crippen MR) is 149 cm³/mol. The van der Waals surface area contributed by atoms with Crippen LogP contribution in [0.25, 0.3) is 0 Å². The Kier molecular flexibility index (Phi) is 11.0. The van der Waals surface area contributed by atoms with Gasteiger partial charge in [0.15, 0.2) is 0 Å². The molecule has 0 aromatic heterocycles. The van der Waals surface area contributed by atoms with Gasteiger partial charge in [0, 0.05) is 45.2 Å². The zero-order valence-electron chi connectivity index (χ0n) is 23.2. The van der Waals surface area contributed by atoms with Gasteiger partial charge in [-0.25, -0.2) is 21.5 Å². The Morgan fingerprint density at radius 1 is 1.05 bits per heavy atom. The van der Waals surface area contributed by atoms with Gasteiger partial charge in [0.05, 0.1) is 12.4 Å². The molecule has 1 heterocycles. The highest BCUT2D eigenvalue weighted by molar-refractivity contribution is 7.88. The molecule has 7 nitrogen and oxygen atoms in total. The molecule has 0 radical (unpaired) electrons. The van der Waals surface area contributed by atoms with E-state index in [9.17, 15) is 27.1 Å². The molecule has 10 heteroatoms. The molecule has 1 saturated heterocycles. The van der Waals surface area contributed by atoms with Gasteiger partial charge < -0.3 is 15.7 Å². The summed E-state index contributed by atoms with van der Waals surface area (Å²) in [5.74, 6) is -1.01. The highest BCUT2D eigenvalue weighted by Gasteiger charge is 2.28. The van der Waals surface area contributed by atoms with Crippen LogP contribution in [0.1, 0.15) is 61.8 Å². The van der Waals surface area contributed by atoms with E-state index in [0.29, 0.717) is 44.0 Å². The Morgan fingerprint density at radius 3 is 2.26 bits per heavy atom. The zero-order chi connectivity index (χ0) is 28.7. The molecule has 39 heavy (non-hydrogen) atoms. The van der Waals surface area contributed by atoms with Gasteiger partial charge in [-0.1, -0.05) is 32.0 Å². The highest BCUT2D eigenvalue weighted by atomic mass is 32.2. The van der Waals surface area contributed by atoms with Gasteiger partial charge in [-0.05, 0) is 71.9 Å². The summed E-state index contributed by atoms with van der Waals surface area (Å²) in [4.78, 5) is 11.4. The molecule has 0 aliphatic carbocycles. The fourth-order valence-corrected chi connectivity index (χ4v) is 6.14. The lowest BCUT2D eigenvalue weighted by Crippen LogP contribution is -2.47. The molecule has 1 aliphatic heterocycles. The Labute approximate surface area is 231 Å². The number of benzene rings is 2. The summed E-state index contributed by atoms with van der Waals surface area (Å²) in [5, 5.41) is 16.9. The third-order valence-electron chi connectivity index (χ3n) is 7.17. The number of carbonyl (C=O) groups is 1. The molecule has 1 fully saturated rings. The number of halogens is 2. The van der Waals surface area contributed by atoms with Gasteiger partial charge >= 0.3 is 0 Å². The molecule has 1 amide bonds. The van der Waals surface area contributed by atoms with E-state index in [1.807, 2.05) is 0 Å². The lowest BCUT2D eigenvalue weighted by atomic mass is 9.85. The number of nitrogens with zero attached hydrogens (tertiary/aromatic N) is 1. The second kappa shape index (κ2) is 13.8. The average Bonchev–Trinajstić information content (AvgIpc) is 2.83. The van der Waals surface area contributed by atoms with Crippen LogP contribution in [0.3, 0.4) is 0 Å². The van der Waals surface area contributed by atoms with Gasteiger partial charge in [0.25, 0.3) is 0 Å². The Balaban J connectivity index is 1.85. The largest absolute Gasteiger partial charge is 0.390 e. The van der Waals surface area contributed by atoms with Gasteiger partial charge in [0.1, 0.15) is 11.6 Å². The van der Waals surface area contributed by atoms with Crippen molar-refractivity contribution in [3.05, 3.63) is 70.3 Å². The summed E-state index contributed by atoms with van der Waals surface area (Å²) in [6, 6.07) is 9.11. The Bertz CT molecular complexity index is 1210. The van der Waals surface area contributed by atoms with E-state index < -0.39 is 33.8 Å². The second-order valence-electron chi connectivity index (χ2n) is 11.0. The van der Waals surface area contributed by atoms with E-state index in [-0.39, 0.29) is 24.8 Å². The first-order chi connectivity index (χ1) is 18.3. The number of nitrogens with one attached hydrogen (secondary N) is 2. The first kappa shape index (κ1) is 31.1. The number of sulfonamides is 1. The molecule has 0 spiro atoms. The van der Waals surface area contributed by atoms with Crippen LogP contribution in [-0.2, 0) is 34.2 Å². The van der Waals surface area contributed by atoms with E-state index >= 15 is 0 Å². The number of amides is 1. The summed E-state index contributed by atoms with van der Waals surface area (Å²) < 4.78 is 53.2. The first-order valence-electron chi connectivity index (χ1n) is 13.5. The number of hydrogen-bond donors (Lipinski definition) is 3. The fourth-order valence-electron chi connectivity index (χ4n) is 5.27. The SMILES string of the molecule is CC(=O)NCC(O)C(Cc1cc(F)cc(F)c1)NCc1cc(CC(C)C)ccc1C1CCN(S(C)(=O)=O)CC1. The van der Waals surface area contributed by atoms with Crippen molar-refractivity contribution in [3.8, 4) is 0 Å². The first-order valence-corrected chi connectivity index (χ1v) is 15.3. The smallest absolute Gasteiger partial charge is 0.216 e. The van der Waals surface area contributed by atoms with Crippen LogP contribution in [0.2, 0.25) is 0 Å². The number of aliphatic hydroxyl groups excluding tert-OH is 1. The van der Waals surface area contributed by atoms with Crippen LogP contribution in [0.4, 0.5) is 8.78 Å². The van der Waals surface area contributed by atoms with Gasteiger partial charge in [-0.2, -0.15) is 0 Å². The standard InChI is InChI=1S/C29H41F2N3O4S/c1-19(2)11-21-5-6-27(23-7-9-34(10-8-23)39(4,37)38)24(12-21)17-33-28(29(36)18-32-20(3)35)15-22-13-25(30)16-26(31)14-22/h5-6,12-14,16,19,23,28-29,33,36H,7-11,15,17-18H2,1-4H3,(H,32,35). The van der Waals surface area contributed by atoms with Gasteiger partial charge in [-0.3, -0.25) is 4.79 Å². The second-order valence-corrected chi connectivity index (χ2v) is 13.0. The third kappa shape index (κ3) is 9.63. The zero-order valence-corrected chi connectivity index (χ0v) is 24.0. The van der Waals surface area contributed by atoms with Crippen molar-refractivity contribution < 1.29 is 27.1 Å². The normalized spacial score (nSPS) is 16.8. The molecular formula is C29H41F2N3O4S. The van der Waals surface area contributed by atoms with Crippen LogP contribution >= 0.6 is 0 Å². The molecule has 216 valence electrons. The number of hydrogen-bond acceptors (Lipinski definition) is 5. The van der Waals surface area contributed by atoms with E-state index in [1.165, 1.54) is 35.2 Å². The molecule has 2 aromatic carbocycles. The van der Waals surface area contributed by atoms with Crippen molar-refractivity contribution in [3.63, 3.8) is 0 Å². The van der Waals surface area contributed by atoms with Gasteiger partial charge in [0.2, 0.25) is 15.9 Å². The van der Waals surface area contributed by atoms with E-state index in [2.05, 4.69) is 42.7 Å². The molecule has 0 bridgehead atoms. The Hall–Kier alpha value is -2.40. The van der Waals surface area contributed by atoms with Crippen molar-refractivity contribution in [1.82, 2.24) is 14.9 Å². The molecule has 2 atom stereocenters. The fraction of sp³-hybridized carbons (Fsp3) is 0.552. The minimum Gasteiger partial charge on any atom is -0.390 e. The molecule has 0 saturated carbocycles. The summed E-state index contributed by atoms with van der Waals surface area (Å²) in [6.07, 6.45) is 2.71. The highest BCUT2D eigenvalue weighted by Crippen LogP contribution is 2.32. The van der Waals surface area contributed by atoms with Gasteiger partial charge in [-0.15, -0.1) is 0 Å². The predicted octanol–water partition coefficient (Wildman–Crippen LogP) is 3.50. The van der Waals surface area contributed by atoms with Crippen molar-refractivity contribution in [1.29, 1.82) is 0 Å². The number of rotatable bonds is 12. The van der Waals surface area contributed by atoms with Crippen molar-refractivity contribution in [2.24, 2.45) is 5.92 Å². The quantitative estimate of drug-likeness (QED) is 0.366. The maximum absolute atomic E-state index is 13.9. The van der Waals surface area contributed by atoms with Crippen LogP contribution in [0.15, 0.2) is 36.4 Å². The molecule has 2 aromatic rings. The minimum absolute atomic E-state index is 0.00496. The summed E-state index contributed by atoms with van der Waals surface area (Å²) in [7, 11) is -3.23. The molecule has 1 aliphatic rings. The lowest BCUT2D eigenvalue weighted by molar-refractivity contribution is -0.119. The van der Waals surface area contributed by atoms with Crippen molar-refractivity contribution in [2.45, 2.75) is 71.1 Å². The van der Waals surface area contributed by atoms with E-state index in [1.54, 1.807) is 0 Å². The van der Waals surface area contributed by atoms with Crippen LogP contribution in [0, 0.1) is 17.6 Å². The molecule has 3 rings (SSSR count). The van der Waals surface area contributed by atoms with Crippen LogP contribution < -0.4 is 10.6 Å². The van der Waals surface area contributed by atoms with Crippen molar-refractivity contribution in [2.75, 3.05) is 25.9 Å². The maximum atomic E-state index is 13.9. The number of piperidine rings is 1. The Morgan fingerprint density at radius 2 is 1.69 bits per heavy atom. The van der Waals surface area contributed by atoms with Crippen LogP contribution in [0.5, 0.6) is 0 Å². The minimum atomic E-state index is -3.23. The van der Waals surface area contributed by atoms with E-state index in [0.717, 1.165) is 23.6 Å². The molecule has 3 N–H and O–H groups in total.